The van der Waals surface area contributed by atoms with Crippen molar-refractivity contribution in [2.24, 2.45) is 0 Å². The van der Waals surface area contributed by atoms with Crippen LogP contribution in [0.25, 0.3) is 11.8 Å². The molecule has 6 nitrogen and oxygen atoms in total. The molecular weight excluding hydrogens is 362 g/mol. The van der Waals surface area contributed by atoms with E-state index in [2.05, 4.69) is 11.9 Å². The molecule has 2 aromatic rings. The second kappa shape index (κ2) is 7.20. The van der Waals surface area contributed by atoms with E-state index in [-0.39, 0.29) is 23.0 Å². The summed E-state index contributed by atoms with van der Waals surface area (Å²) in [5.41, 5.74) is 3.46. The van der Waals surface area contributed by atoms with Gasteiger partial charge in [-0.25, -0.2) is 0 Å². The van der Waals surface area contributed by atoms with E-state index < -0.39 is 11.8 Å². The predicted octanol–water partition coefficient (Wildman–Crippen LogP) is 2.61. The molecule has 2 N–H and O–H groups in total. The molecule has 27 heavy (non-hydrogen) atoms. The number of aromatic nitrogens is 1. The minimum absolute atomic E-state index is 0.0245. The molecule has 1 aromatic heterocycles. The number of nitrogens with zero attached hydrogens (tertiary/aromatic N) is 2. The number of rotatable bonds is 4. The third-order valence-electron chi connectivity index (χ3n) is 4.38. The van der Waals surface area contributed by atoms with E-state index in [0.717, 1.165) is 22.6 Å². The van der Waals surface area contributed by atoms with Gasteiger partial charge in [-0.15, -0.1) is 6.58 Å². The fourth-order valence-electron chi connectivity index (χ4n) is 3.08. The van der Waals surface area contributed by atoms with E-state index in [1.807, 2.05) is 24.5 Å². The molecule has 0 aliphatic carbocycles. The number of phenols is 1. The molecule has 0 saturated carbocycles. The van der Waals surface area contributed by atoms with E-state index >= 15 is 0 Å². The molecule has 2 amide bonds. The molecule has 1 fully saturated rings. The molecular formula is C20H19N3O3S. The molecule has 3 rings (SSSR count). The second-order valence-electron chi connectivity index (χ2n) is 6.20. The number of nitrogens with one attached hydrogen (secondary N) is 1. The van der Waals surface area contributed by atoms with Crippen LogP contribution in [0.5, 0.6) is 5.75 Å². The number of amides is 2. The van der Waals surface area contributed by atoms with Gasteiger partial charge in [-0.05, 0) is 68.0 Å². The zero-order valence-corrected chi connectivity index (χ0v) is 15.8. The van der Waals surface area contributed by atoms with Crippen LogP contribution < -0.4 is 5.32 Å². The Labute approximate surface area is 162 Å². The van der Waals surface area contributed by atoms with Crippen molar-refractivity contribution >= 4 is 35.2 Å². The van der Waals surface area contributed by atoms with Crippen LogP contribution >= 0.6 is 12.2 Å². The van der Waals surface area contributed by atoms with Crippen molar-refractivity contribution in [3.8, 4) is 11.4 Å². The van der Waals surface area contributed by atoms with Gasteiger partial charge in [0.2, 0.25) is 0 Å². The first-order valence-electron chi connectivity index (χ1n) is 8.31. The molecule has 0 spiro atoms. The van der Waals surface area contributed by atoms with Crippen LogP contribution in [-0.4, -0.2) is 38.0 Å². The maximum atomic E-state index is 12.7. The van der Waals surface area contributed by atoms with Crippen LogP contribution in [0.2, 0.25) is 0 Å². The second-order valence-corrected chi connectivity index (χ2v) is 6.59. The van der Waals surface area contributed by atoms with Gasteiger partial charge in [-0.3, -0.25) is 19.8 Å². The maximum Gasteiger partial charge on any atom is 0.265 e. The fourth-order valence-corrected chi connectivity index (χ4v) is 3.33. The number of phenolic OH excluding ortho intramolecular Hbond substituents is 1. The highest BCUT2D eigenvalue weighted by atomic mass is 32.1. The predicted molar refractivity (Wildman–Crippen MR) is 108 cm³/mol. The monoisotopic (exact) mass is 381 g/mol. The summed E-state index contributed by atoms with van der Waals surface area (Å²) >= 11 is 5.06. The largest absolute Gasteiger partial charge is 0.508 e. The van der Waals surface area contributed by atoms with E-state index in [9.17, 15) is 14.7 Å². The maximum absolute atomic E-state index is 12.7. The minimum atomic E-state index is -0.514. The Morgan fingerprint density at radius 2 is 1.89 bits per heavy atom. The lowest BCUT2D eigenvalue weighted by molar-refractivity contribution is -0.128. The van der Waals surface area contributed by atoms with Gasteiger partial charge in [0.15, 0.2) is 5.11 Å². The first-order valence-corrected chi connectivity index (χ1v) is 8.72. The van der Waals surface area contributed by atoms with Gasteiger partial charge in [-0.2, -0.15) is 0 Å². The van der Waals surface area contributed by atoms with Gasteiger partial charge in [0.05, 0.1) is 0 Å². The number of aryl methyl sites for hydroxylation is 1. The first-order chi connectivity index (χ1) is 12.8. The summed E-state index contributed by atoms with van der Waals surface area (Å²) in [6.45, 7) is 7.68. The van der Waals surface area contributed by atoms with Crippen LogP contribution in [0.1, 0.15) is 17.0 Å². The number of hydrogen-bond donors (Lipinski definition) is 2. The van der Waals surface area contributed by atoms with Crippen molar-refractivity contribution in [3.63, 3.8) is 0 Å². The average Bonchev–Trinajstić information content (AvgIpc) is 2.90. The third kappa shape index (κ3) is 3.41. The molecule has 0 bridgehead atoms. The lowest BCUT2D eigenvalue weighted by Crippen LogP contribution is -2.53. The van der Waals surface area contributed by atoms with Crippen LogP contribution in [0.15, 0.2) is 48.6 Å². The fraction of sp³-hybridized carbons (Fsp3) is 0.150. The minimum Gasteiger partial charge on any atom is -0.508 e. The smallest absolute Gasteiger partial charge is 0.265 e. The van der Waals surface area contributed by atoms with Crippen LogP contribution in [-0.2, 0) is 9.59 Å². The first kappa shape index (κ1) is 18.6. The quantitative estimate of drug-likeness (QED) is 0.370. The summed E-state index contributed by atoms with van der Waals surface area (Å²) in [4.78, 5) is 26.3. The highest BCUT2D eigenvalue weighted by Gasteiger charge is 2.32. The number of benzene rings is 1. The molecule has 1 saturated heterocycles. The van der Waals surface area contributed by atoms with Crippen molar-refractivity contribution in [1.82, 2.24) is 14.8 Å². The molecule has 0 unspecified atom stereocenters. The van der Waals surface area contributed by atoms with Gasteiger partial charge >= 0.3 is 0 Å². The van der Waals surface area contributed by atoms with Gasteiger partial charge in [0.25, 0.3) is 11.8 Å². The van der Waals surface area contributed by atoms with Crippen molar-refractivity contribution in [2.75, 3.05) is 6.54 Å². The lowest BCUT2D eigenvalue weighted by atomic mass is 10.1. The summed E-state index contributed by atoms with van der Waals surface area (Å²) in [6.07, 6.45) is 3.13. The van der Waals surface area contributed by atoms with E-state index in [0.29, 0.717) is 0 Å². The van der Waals surface area contributed by atoms with Gasteiger partial charge in [0.1, 0.15) is 11.3 Å². The number of carbonyl (C=O) groups is 2. The molecule has 0 radical (unpaired) electrons. The Kier molecular flexibility index (Phi) is 4.96. The summed E-state index contributed by atoms with van der Waals surface area (Å²) in [5, 5.41) is 12.1. The SMILES string of the molecule is C=CCN1C(=O)C(=Cc2cc(C)n(-c3ccc(O)cc3)c2C)C(=O)NC1=S. The zero-order chi connectivity index (χ0) is 19.7. The van der Waals surface area contributed by atoms with Crippen molar-refractivity contribution in [1.29, 1.82) is 0 Å². The summed E-state index contributed by atoms with van der Waals surface area (Å²) in [5.74, 6) is -0.774. The summed E-state index contributed by atoms with van der Waals surface area (Å²) in [7, 11) is 0. The van der Waals surface area contributed by atoms with Gasteiger partial charge < -0.3 is 9.67 Å². The Hall–Kier alpha value is -3.19. The summed E-state index contributed by atoms with van der Waals surface area (Å²) in [6, 6.07) is 8.72. The van der Waals surface area contributed by atoms with Crippen LogP contribution in [0.4, 0.5) is 0 Å². The van der Waals surface area contributed by atoms with Crippen LogP contribution in [0, 0.1) is 13.8 Å². The zero-order valence-electron chi connectivity index (χ0n) is 15.0. The molecule has 1 aliphatic rings. The van der Waals surface area contributed by atoms with Crippen molar-refractivity contribution < 1.29 is 14.7 Å². The topological polar surface area (TPSA) is 74.6 Å². The molecule has 2 heterocycles. The lowest BCUT2D eigenvalue weighted by Gasteiger charge is -2.27. The Morgan fingerprint density at radius 1 is 1.22 bits per heavy atom. The average molecular weight is 381 g/mol. The number of carbonyl (C=O) groups excluding carboxylic acids is 2. The van der Waals surface area contributed by atoms with Crippen LogP contribution in [0.3, 0.4) is 0 Å². The Morgan fingerprint density at radius 3 is 2.52 bits per heavy atom. The standard InChI is InChI=1S/C20H19N3O3S/c1-4-9-22-19(26)17(18(25)21-20(22)27)11-14-10-12(2)23(13(14)3)15-5-7-16(24)8-6-15/h4-8,10-11,24H,1,9H2,2-3H3,(H,21,25,27). The normalized spacial score (nSPS) is 16.0. The highest BCUT2D eigenvalue weighted by molar-refractivity contribution is 7.80. The molecule has 1 aromatic carbocycles. The Bertz CT molecular complexity index is 987. The molecule has 1 aliphatic heterocycles. The van der Waals surface area contributed by atoms with E-state index in [1.54, 1.807) is 36.4 Å². The molecule has 138 valence electrons. The number of aromatic hydroxyl groups is 1. The summed E-state index contributed by atoms with van der Waals surface area (Å²) < 4.78 is 1.99. The van der Waals surface area contributed by atoms with E-state index in [1.165, 1.54) is 4.90 Å². The molecule has 7 heteroatoms. The van der Waals surface area contributed by atoms with Gasteiger partial charge in [0, 0.05) is 23.6 Å². The third-order valence-corrected chi connectivity index (χ3v) is 4.70. The number of thiocarbonyl (C=S) groups is 1. The van der Waals surface area contributed by atoms with Gasteiger partial charge in [-0.1, -0.05) is 6.08 Å². The van der Waals surface area contributed by atoms with E-state index in [4.69, 9.17) is 12.2 Å². The Balaban J connectivity index is 2.04. The number of hydrogen-bond acceptors (Lipinski definition) is 4. The molecule has 0 atom stereocenters. The van der Waals surface area contributed by atoms with Crippen molar-refractivity contribution in [3.05, 3.63) is 65.5 Å². The highest BCUT2D eigenvalue weighted by Crippen LogP contribution is 2.25. The van der Waals surface area contributed by atoms with Crippen molar-refractivity contribution in [2.45, 2.75) is 13.8 Å².